The summed E-state index contributed by atoms with van der Waals surface area (Å²) in [5, 5.41) is 9.04. The molecule has 4 heteroatoms. The van der Waals surface area contributed by atoms with Gasteiger partial charge >= 0.3 is 0 Å². The largest absolute Gasteiger partial charge is 0.368 e. The Labute approximate surface area is 110 Å². The monoisotopic (exact) mass is 262 g/mol. The summed E-state index contributed by atoms with van der Waals surface area (Å²) in [6.07, 6.45) is 0. The molecule has 0 amide bonds. The molecular weight excluding hydrogens is 252 g/mol. The van der Waals surface area contributed by atoms with Crippen LogP contribution in [0.3, 0.4) is 0 Å². The van der Waals surface area contributed by atoms with Crippen LogP contribution < -0.4 is 4.90 Å². The Morgan fingerprint density at radius 3 is 2.71 bits per heavy atom. The van der Waals surface area contributed by atoms with E-state index in [-0.39, 0.29) is 0 Å². The molecule has 0 saturated heterocycles. The zero-order valence-corrected chi connectivity index (χ0v) is 10.9. The molecule has 0 radical (unpaired) electrons. The Kier molecular flexibility index (Phi) is 3.68. The van der Waals surface area contributed by atoms with Crippen LogP contribution in [0.2, 0.25) is 4.34 Å². The normalized spacial score (nSPS) is 9.94. The summed E-state index contributed by atoms with van der Waals surface area (Å²) in [6.45, 7) is 0.760. The van der Waals surface area contributed by atoms with Crippen LogP contribution in [0.15, 0.2) is 36.4 Å². The lowest BCUT2D eigenvalue weighted by Crippen LogP contribution is -2.16. The van der Waals surface area contributed by atoms with E-state index >= 15 is 0 Å². The fourth-order valence-electron chi connectivity index (χ4n) is 1.66. The van der Waals surface area contributed by atoms with E-state index in [0.717, 1.165) is 16.6 Å². The molecule has 0 bridgehead atoms. The van der Waals surface area contributed by atoms with Crippen LogP contribution >= 0.6 is 22.9 Å². The van der Waals surface area contributed by atoms with Crippen molar-refractivity contribution < 1.29 is 0 Å². The number of halogens is 1. The molecule has 0 fully saturated rings. The molecule has 17 heavy (non-hydrogen) atoms. The third-order valence-electron chi connectivity index (χ3n) is 2.46. The molecule has 0 N–H and O–H groups in total. The maximum absolute atomic E-state index is 9.04. The molecule has 2 rings (SSSR count). The van der Waals surface area contributed by atoms with Crippen molar-refractivity contribution >= 4 is 28.6 Å². The SMILES string of the molecule is CN(Cc1ccc(Cl)s1)c1ccccc1C#N. The van der Waals surface area contributed by atoms with Crippen LogP contribution in [0.25, 0.3) is 0 Å². The van der Waals surface area contributed by atoms with Crippen LogP contribution in [0.1, 0.15) is 10.4 Å². The first kappa shape index (κ1) is 12.0. The Morgan fingerprint density at radius 2 is 2.06 bits per heavy atom. The van der Waals surface area contributed by atoms with Gasteiger partial charge in [0, 0.05) is 11.9 Å². The first-order chi connectivity index (χ1) is 8.20. The zero-order chi connectivity index (χ0) is 12.3. The Morgan fingerprint density at radius 1 is 1.29 bits per heavy atom. The van der Waals surface area contributed by atoms with Gasteiger partial charge in [-0.1, -0.05) is 23.7 Å². The van der Waals surface area contributed by atoms with E-state index in [4.69, 9.17) is 16.9 Å². The first-order valence-electron chi connectivity index (χ1n) is 5.15. The average Bonchev–Trinajstić information content (AvgIpc) is 2.74. The van der Waals surface area contributed by atoms with Crippen molar-refractivity contribution in [1.29, 1.82) is 5.26 Å². The predicted octanol–water partition coefficient (Wildman–Crippen LogP) is 3.91. The molecule has 0 saturated carbocycles. The van der Waals surface area contributed by atoms with E-state index in [2.05, 4.69) is 11.0 Å². The Hall–Kier alpha value is -1.50. The number of benzene rings is 1. The van der Waals surface area contributed by atoms with Crippen LogP contribution in [0.5, 0.6) is 0 Å². The molecular formula is C13H11ClN2S. The van der Waals surface area contributed by atoms with Crippen LogP contribution in [-0.4, -0.2) is 7.05 Å². The lowest BCUT2D eigenvalue weighted by atomic mass is 10.2. The lowest BCUT2D eigenvalue weighted by Gasteiger charge is -2.19. The van der Waals surface area contributed by atoms with Crippen molar-refractivity contribution in [1.82, 2.24) is 0 Å². The highest BCUT2D eigenvalue weighted by Crippen LogP contribution is 2.25. The number of rotatable bonds is 3. The summed E-state index contributed by atoms with van der Waals surface area (Å²) in [5.41, 5.74) is 1.64. The van der Waals surface area contributed by atoms with Crippen LogP contribution in [0.4, 0.5) is 5.69 Å². The van der Waals surface area contributed by atoms with Gasteiger partial charge in [-0.05, 0) is 24.3 Å². The maximum atomic E-state index is 9.04. The number of nitrogens with zero attached hydrogens (tertiary/aromatic N) is 2. The molecule has 1 aromatic heterocycles. The Bertz CT molecular complexity index is 557. The van der Waals surface area contributed by atoms with E-state index in [1.165, 1.54) is 4.88 Å². The third-order valence-corrected chi connectivity index (χ3v) is 3.67. The van der Waals surface area contributed by atoms with Gasteiger partial charge < -0.3 is 4.90 Å². The summed E-state index contributed by atoms with van der Waals surface area (Å²) >= 11 is 7.46. The van der Waals surface area contributed by atoms with Gasteiger partial charge in [0.25, 0.3) is 0 Å². The molecule has 0 aliphatic heterocycles. The van der Waals surface area contributed by atoms with E-state index in [1.807, 2.05) is 43.4 Å². The summed E-state index contributed by atoms with van der Waals surface area (Å²) in [4.78, 5) is 3.24. The molecule has 0 unspecified atom stereocenters. The molecule has 0 atom stereocenters. The van der Waals surface area contributed by atoms with E-state index in [9.17, 15) is 0 Å². The molecule has 0 aliphatic carbocycles. The molecule has 2 aromatic rings. The molecule has 86 valence electrons. The molecule has 1 heterocycles. The molecule has 2 nitrogen and oxygen atoms in total. The summed E-state index contributed by atoms with van der Waals surface area (Å²) in [6, 6.07) is 13.7. The van der Waals surface area contributed by atoms with Gasteiger partial charge in [-0.2, -0.15) is 5.26 Å². The van der Waals surface area contributed by atoms with E-state index < -0.39 is 0 Å². The second-order valence-electron chi connectivity index (χ2n) is 3.69. The highest BCUT2D eigenvalue weighted by atomic mass is 35.5. The van der Waals surface area contributed by atoms with Crippen LogP contribution in [0, 0.1) is 11.3 Å². The van der Waals surface area contributed by atoms with Gasteiger partial charge in [0.05, 0.1) is 22.1 Å². The van der Waals surface area contributed by atoms with Crippen molar-refractivity contribution in [2.45, 2.75) is 6.54 Å². The second kappa shape index (κ2) is 5.22. The molecule has 0 spiro atoms. The first-order valence-corrected chi connectivity index (χ1v) is 6.34. The summed E-state index contributed by atoms with van der Waals surface area (Å²) in [7, 11) is 1.98. The molecule has 0 aliphatic rings. The number of nitriles is 1. The van der Waals surface area contributed by atoms with Gasteiger partial charge in [-0.15, -0.1) is 11.3 Å². The van der Waals surface area contributed by atoms with Crippen molar-refractivity contribution in [3.63, 3.8) is 0 Å². The van der Waals surface area contributed by atoms with Gasteiger partial charge in [-0.3, -0.25) is 0 Å². The topological polar surface area (TPSA) is 27.0 Å². The highest BCUT2D eigenvalue weighted by Gasteiger charge is 2.08. The number of thiophene rings is 1. The Balaban J connectivity index is 2.20. The second-order valence-corrected chi connectivity index (χ2v) is 5.49. The zero-order valence-electron chi connectivity index (χ0n) is 9.35. The third kappa shape index (κ3) is 2.79. The van der Waals surface area contributed by atoms with Crippen molar-refractivity contribution in [3.8, 4) is 6.07 Å². The van der Waals surface area contributed by atoms with E-state index in [1.54, 1.807) is 11.3 Å². The van der Waals surface area contributed by atoms with Crippen molar-refractivity contribution in [2.75, 3.05) is 11.9 Å². The highest BCUT2D eigenvalue weighted by molar-refractivity contribution is 7.16. The smallest absolute Gasteiger partial charge is 0.101 e. The predicted molar refractivity (Wildman–Crippen MR) is 72.6 cm³/mol. The number of para-hydroxylation sites is 1. The maximum Gasteiger partial charge on any atom is 0.101 e. The number of hydrogen-bond donors (Lipinski definition) is 0. The van der Waals surface area contributed by atoms with Gasteiger partial charge in [0.2, 0.25) is 0 Å². The standard InChI is InChI=1S/C13H11ClN2S/c1-16(9-11-6-7-13(14)17-11)12-5-3-2-4-10(12)8-15/h2-7H,9H2,1H3. The van der Waals surface area contributed by atoms with Gasteiger partial charge in [-0.25, -0.2) is 0 Å². The quantitative estimate of drug-likeness (QED) is 0.839. The average molecular weight is 263 g/mol. The van der Waals surface area contributed by atoms with Gasteiger partial charge in [0.1, 0.15) is 6.07 Å². The minimum atomic E-state index is 0.692. The minimum Gasteiger partial charge on any atom is -0.368 e. The molecule has 1 aromatic carbocycles. The fraction of sp³-hybridized carbons (Fsp3) is 0.154. The van der Waals surface area contributed by atoms with Crippen LogP contribution in [-0.2, 0) is 6.54 Å². The number of hydrogen-bond acceptors (Lipinski definition) is 3. The summed E-state index contributed by atoms with van der Waals surface area (Å²) in [5.74, 6) is 0. The van der Waals surface area contributed by atoms with Crippen molar-refractivity contribution in [3.05, 3.63) is 51.2 Å². The lowest BCUT2D eigenvalue weighted by molar-refractivity contribution is 0.938. The van der Waals surface area contributed by atoms with Crippen molar-refractivity contribution in [2.24, 2.45) is 0 Å². The minimum absolute atomic E-state index is 0.692. The fourth-order valence-corrected chi connectivity index (χ4v) is 2.80. The van der Waals surface area contributed by atoms with Gasteiger partial charge in [0.15, 0.2) is 0 Å². The van der Waals surface area contributed by atoms with E-state index in [0.29, 0.717) is 5.56 Å². The number of anilines is 1. The summed E-state index contributed by atoms with van der Waals surface area (Å²) < 4.78 is 0.793.